The molecule has 0 aromatic rings. The Kier molecular flexibility index (Phi) is 4.32. The fourth-order valence-electron chi connectivity index (χ4n) is 1.11. The fourth-order valence-corrected chi connectivity index (χ4v) is 51.2. The Hall–Kier alpha value is 2.31. The van der Waals surface area contributed by atoms with Crippen LogP contribution in [0.4, 0.5) is 0 Å². The molecular formula is C5H3P9. The first kappa shape index (κ1) is 11.4. The van der Waals surface area contributed by atoms with Crippen LogP contribution >= 0.6 is 68.1 Å². The molecule has 0 saturated heterocycles. The Balaban J connectivity index is 2.08. The van der Waals surface area contributed by atoms with Gasteiger partial charge in [-0.05, 0) is 70.7 Å². The second-order valence-corrected chi connectivity index (χ2v) is 25.8. The summed E-state index contributed by atoms with van der Waals surface area (Å²) in [6.07, 6.45) is 4.84. The van der Waals surface area contributed by atoms with Crippen molar-refractivity contribution in [1.29, 1.82) is 0 Å². The molecule has 0 aromatic carbocycles. The van der Waals surface area contributed by atoms with E-state index in [1.807, 2.05) is 0 Å². The molecule has 0 aliphatic carbocycles. The monoisotopic (exact) mass is 342 g/mol. The maximum atomic E-state index is 2.47. The Labute approximate surface area is 96.2 Å². The molecule has 0 saturated carbocycles. The van der Waals surface area contributed by atoms with E-state index in [4.69, 9.17) is 0 Å². The van der Waals surface area contributed by atoms with Gasteiger partial charge in [-0.3, -0.25) is 0 Å². The van der Waals surface area contributed by atoms with E-state index < -0.39 is 0 Å². The zero-order valence-corrected chi connectivity index (χ0v) is 14.8. The molecule has 3 rings (SSSR count). The molecular weight excluding hydrogens is 339 g/mol. The van der Waals surface area contributed by atoms with Crippen LogP contribution in [0, 0.1) is 0 Å². The van der Waals surface area contributed by atoms with Crippen LogP contribution in [0.2, 0.25) is 0 Å². The summed E-state index contributed by atoms with van der Waals surface area (Å²) in [5.74, 6) is 2.47. The van der Waals surface area contributed by atoms with Crippen molar-refractivity contribution < 1.29 is 0 Å². The number of hydrogen-bond acceptors (Lipinski definition) is 0. The summed E-state index contributed by atoms with van der Waals surface area (Å²) in [4.78, 5) is 0. The number of rotatable bonds is 0. The lowest BCUT2D eigenvalue weighted by molar-refractivity contribution is 2.00. The maximum absolute atomic E-state index is 2.47. The third kappa shape index (κ3) is 2.28. The molecule has 68 valence electrons. The number of hydrogen-bond donors (Lipinski definition) is 0. The van der Waals surface area contributed by atoms with E-state index in [9.17, 15) is 0 Å². The molecule has 0 fully saturated rings. The minimum atomic E-state index is 0.221. The highest BCUT2D eigenvalue weighted by molar-refractivity contribution is 8.82. The molecule has 14 heavy (non-hydrogen) atoms. The van der Waals surface area contributed by atoms with Crippen LogP contribution < -0.4 is 0 Å². The van der Waals surface area contributed by atoms with Gasteiger partial charge in [0.15, 0.2) is 0 Å². The SMILES string of the molecule is C1=PP=PP2C1=CC=C1P=PP=PP12. The standard InChI is InChI=1S/C5H3P9/c1-2-5-7-9-10-12-14(5)13-4(1)3-6-8-11-13/h1-3H. The van der Waals surface area contributed by atoms with Crippen LogP contribution in [0.5, 0.6) is 0 Å². The molecule has 0 N–H and O–H groups in total. The van der Waals surface area contributed by atoms with Gasteiger partial charge in [0, 0.05) is 19.7 Å². The van der Waals surface area contributed by atoms with Crippen molar-refractivity contribution in [3.8, 4) is 0 Å². The van der Waals surface area contributed by atoms with Crippen molar-refractivity contribution in [2.75, 3.05) is 0 Å². The van der Waals surface area contributed by atoms with E-state index >= 15 is 0 Å². The molecule has 3 heterocycles. The molecule has 0 aromatic heterocycles. The van der Waals surface area contributed by atoms with Crippen molar-refractivity contribution in [3.05, 3.63) is 22.5 Å². The van der Waals surface area contributed by atoms with E-state index in [1.54, 1.807) is 56.0 Å². The number of fused-ring (bicyclic) bond motifs is 3. The van der Waals surface area contributed by atoms with Gasteiger partial charge in [0.1, 0.15) is 0 Å². The zero-order valence-electron chi connectivity index (χ0n) is 6.76. The smallest absolute Gasteiger partial charge is 0.0270 e. The molecule has 9 heteroatoms. The van der Waals surface area contributed by atoms with Crippen LogP contribution in [-0.2, 0) is 0 Å². The van der Waals surface area contributed by atoms with Crippen LogP contribution in [-0.4, -0.2) is 5.80 Å². The maximum Gasteiger partial charge on any atom is 0.0270 e. The Morgan fingerprint density at radius 2 is 1.86 bits per heavy atom. The first-order valence-electron chi connectivity index (χ1n) is 3.73. The van der Waals surface area contributed by atoms with E-state index in [0.717, 1.165) is 0 Å². The molecule has 0 spiro atoms. The summed E-state index contributed by atoms with van der Waals surface area (Å²) >= 11 is 0. The summed E-state index contributed by atoms with van der Waals surface area (Å²) in [5, 5.41) is 3.49. The normalized spacial score (nSPS) is 40.0. The lowest BCUT2D eigenvalue weighted by atomic mass is 10.5. The molecule has 2 atom stereocenters. The van der Waals surface area contributed by atoms with Crippen molar-refractivity contribution in [2.24, 2.45) is 0 Å². The molecule has 0 nitrogen and oxygen atoms in total. The quantitative estimate of drug-likeness (QED) is 0.387. The largest absolute Gasteiger partial charge is 0.0521 e. The van der Waals surface area contributed by atoms with Gasteiger partial charge in [-0.2, -0.15) is 0 Å². The summed E-state index contributed by atoms with van der Waals surface area (Å²) in [6.45, 7) is 0. The van der Waals surface area contributed by atoms with Gasteiger partial charge in [0.2, 0.25) is 0 Å². The lowest BCUT2D eigenvalue weighted by Gasteiger charge is -2.27. The highest BCUT2D eigenvalue weighted by Gasteiger charge is 2.28. The predicted molar refractivity (Wildman–Crippen MR) is 84.5 cm³/mol. The van der Waals surface area contributed by atoms with Gasteiger partial charge >= 0.3 is 0 Å². The van der Waals surface area contributed by atoms with Crippen LogP contribution in [0.15, 0.2) is 22.5 Å². The summed E-state index contributed by atoms with van der Waals surface area (Å²) < 4.78 is 0. The third-order valence-electron chi connectivity index (χ3n) is 1.70. The van der Waals surface area contributed by atoms with E-state index in [0.29, 0.717) is 0 Å². The Bertz CT molecular complexity index is 396. The zero-order chi connectivity index (χ0) is 9.38. The van der Waals surface area contributed by atoms with Crippen molar-refractivity contribution >= 4 is 73.9 Å². The van der Waals surface area contributed by atoms with Crippen LogP contribution in [0.25, 0.3) is 0 Å². The minimum Gasteiger partial charge on any atom is -0.0521 e. The molecule has 3 aliphatic heterocycles. The second-order valence-electron chi connectivity index (χ2n) is 2.49. The van der Waals surface area contributed by atoms with Crippen LogP contribution in [0.3, 0.4) is 0 Å². The molecule has 0 radical (unpaired) electrons. The highest BCUT2D eigenvalue weighted by atomic mass is 32.8. The Morgan fingerprint density at radius 3 is 2.86 bits per heavy atom. The molecule has 3 aliphatic rings. The molecule has 0 amide bonds. The van der Waals surface area contributed by atoms with E-state index in [-0.39, 0.29) is 14.6 Å². The van der Waals surface area contributed by atoms with Crippen molar-refractivity contribution in [3.63, 3.8) is 0 Å². The lowest BCUT2D eigenvalue weighted by Crippen LogP contribution is -1.81. The summed E-state index contributed by atoms with van der Waals surface area (Å²) in [6, 6.07) is 0. The minimum absolute atomic E-state index is 0.221. The highest BCUT2D eigenvalue weighted by Crippen LogP contribution is 2.96. The van der Waals surface area contributed by atoms with Gasteiger partial charge in [0.05, 0.1) is 0 Å². The van der Waals surface area contributed by atoms with E-state index in [1.165, 1.54) is 7.89 Å². The van der Waals surface area contributed by atoms with Crippen molar-refractivity contribution in [1.82, 2.24) is 0 Å². The van der Waals surface area contributed by atoms with Crippen molar-refractivity contribution in [2.45, 2.75) is 0 Å². The first-order valence-corrected chi connectivity index (χ1v) is 18.4. The summed E-state index contributed by atoms with van der Waals surface area (Å²) in [5.41, 5.74) is 0. The summed E-state index contributed by atoms with van der Waals surface area (Å²) in [7, 11) is 12.0. The van der Waals surface area contributed by atoms with Crippen LogP contribution in [0.1, 0.15) is 0 Å². The fraction of sp³-hybridized carbons (Fsp3) is 0. The topological polar surface area (TPSA) is 0 Å². The van der Waals surface area contributed by atoms with Gasteiger partial charge in [-0.25, -0.2) is 0 Å². The van der Waals surface area contributed by atoms with Gasteiger partial charge in [-0.15, -0.1) is 0 Å². The third-order valence-corrected chi connectivity index (χ3v) is 36.7. The Morgan fingerprint density at radius 1 is 0.929 bits per heavy atom. The second kappa shape index (κ2) is 5.30. The first-order chi connectivity index (χ1) is 6.95. The van der Waals surface area contributed by atoms with Gasteiger partial charge < -0.3 is 0 Å². The number of allylic oxidation sites excluding steroid dienone is 3. The van der Waals surface area contributed by atoms with Gasteiger partial charge in [-0.1, -0.05) is 6.08 Å². The average Bonchev–Trinajstić information content (AvgIpc) is 2.29. The molecule has 0 bridgehead atoms. The predicted octanol–water partition coefficient (Wildman–Crippen LogP) is 8.46. The average molecular weight is 342 g/mol. The molecule has 2 unspecified atom stereocenters. The van der Waals surface area contributed by atoms with Gasteiger partial charge in [0.25, 0.3) is 0 Å². The van der Waals surface area contributed by atoms with E-state index in [2.05, 4.69) is 17.9 Å².